The molecule has 1 fully saturated rings. The molecule has 3 aromatic rings. The van der Waals surface area contributed by atoms with Gasteiger partial charge in [0.15, 0.2) is 5.82 Å². The monoisotopic (exact) mass is 431 g/mol. The normalized spacial score (nSPS) is 13.7. The van der Waals surface area contributed by atoms with E-state index in [1.807, 2.05) is 48.2 Å². The smallest absolute Gasteiger partial charge is 0.321 e. The number of carbonyl (C=O) groups is 1. The summed E-state index contributed by atoms with van der Waals surface area (Å²) < 4.78 is 5.44. The molecule has 0 unspecified atom stereocenters. The Kier molecular flexibility index (Phi) is 6.54. The van der Waals surface area contributed by atoms with Crippen molar-refractivity contribution >= 4 is 17.5 Å². The predicted octanol–water partition coefficient (Wildman–Crippen LogP) is 4.51. The van der Waals surface area contributed by atoms with Crippen LogP contribution in [0.2, 0.25) is 0 Å². The molecule has 0 saturated carbocycles. The predicted molar refractivity (Wildman–Crippen MR) is 127 cm³/mol. The molecule has 2 amide bonds. The van der Waals surface area contributed by atoms with Gasteiger partial charge in [0.1, 0.15) is 5.75 Å². The van der Waals surface area contributed by atoms with Crippen LogP contribution in [0.5, 0.6) is 5.75 Å². The van der Waals surface area contributed by atoms with Crippen LogP contribution in [0.1, 0.15) is 18.1 Å². The molecule has 1 aliphatic rings. The third-order valence-corrected chi connectivity index (χ3v) is 5.76. The second-order valence-corrected chi connectivity index (χ2v) is 7.94. The minimum Gasteiger partial charge on any atom is -0.494 e. The van der Waals surface area contributed by atoms with E-state index >= 15 is 0 Å². The van der Waals surface area contributed by atoms with Crippen LogP contribution in [0, 0.1) is 13.8 Å². The number of nitrogens with zero attached hydrogens (tertiary/aromatic N) is 4. The summed E-state index contributed by atoms with van der Waals surface area (Å²) in [5, 5.41) is 11.8. The number of urea groups is 1. The molecule has 1 saturated heterocycles. The van der Waals surface area contributed by atoms with Crippen molar-refractivity contribution in [2.45, 2.75) is 20.8 Å². The van der Waals surface area contributed by atoms with E-state index in [4.69, 9.17) is 4.74 Å². The minimum absolute atomic E-state index is 0.0926. The Morgan fingerprint density at radius 3 is 2.31 bits per heavy atom. The number of benzene rings is 2. The van der Waals surface area contributed by atoms with Gasteiger partial charge in [-0.3, -0.25) is 0 Å². The minimum atomic E-state index is -0.0926. The van der Waals surface area contributed by atoms with Crippen LogP contribution in [0.4, 0.5) is 16.3 Å². The van der Waals surface area contributed by atoms with Crippen LogP contribution in [-0.4, -0.2) is 53.9 Å². The van der Waals surface area contributed by atoms with Gasteiger partial charge < -0.3 is 19.9 Å². The van der Waals surface area contributed by atoms with Gasteiger partial charge in [-0.2, -0.15) is 0 Å². The SMILES string of the molecule is CCOc1ccc(NC(=O)N2CCN(c3ccc(-c4ccc(C)c(C)c4)nn3)CC2)cc1. The Morgan fingerprint density at radius 2 is 1.69 bits per heavy atom. The van der Waals surface area contributed by atoms with Gasteiger partial charge in [0.05, 0.1) is 12.3 Å². The van der Waals surface area contributed by atoms with Crippen molar-refractivity contribution in [1.82, 2.24) is 15.1 Å². The summed E-state index contributed by atoms with van der Waals surface area (Å²) in [5.41, 5.74) is 5.21. The van der Waals surface area contributed by atoms with Crippen LogP contribution in [0.15, 0.2) is 54.6 Å². The Bertz CT molecular complexity index is 1060. The molecule has 0 spiro atoms. The van der Waals surface area contributed by atoms with Crippen LogP contribution in [0.25, 0.3) is 11.3 Å². The average molecular weight is 432 g/mol. The number of nitrogens with one attached hydrogen (secondary N) is 1. The standard InChI is InChI=1S/C25H29N5O2/c1-4-32-22-9-7-21(8-10-22)26-25(31)30-15-13-29(14-16-30)24-12-11-23(27-28-24)20-6-5-18(2)19(3)17-20/h5-12,17H,4,13-16H2,1-3H3,(H,26,31). The van der Waals surface area contributed by atoms with Gasteiger partial charge in [-0.1, -0.05) is 12.1 Å². The van der Waals surface area contributed by atoms with Crippen molar-refractivity contribution in [3.63, 3.8) is 0 Å². The quantitative estimate of drug-likeness (QED) is 0.643. The number of aromatic nitrogens is 2. The fourth-order valence-electron chi connectivity index (χ4n) is 3.69. The second kappa shape index (κ2) is 9.68. The lowest BCUT2D eigenvalue weighted by Gasteiger charge is -2.35. The van der Waals surface area contributed by atoms with Crippen LogP contribution in [0.3, 0.4) is 0 Å². The van der Waals surface area contributed by atoms with Gasteiger partial charge in [-0.25, -0.2) is 4.79 Å². The van der Waals surface area contributed by atoms with Gasteiger partial charge in [0, 0.05) is 37.4 Å². The number of amides is 2. The zero-order valence-electron chi connectivity index (χ0n) is 18.8. The number of carbonyl (C=O) groups excluding carboxylic acids is 1. The number of ether oxygens (including phenoxy) is 1. The highest BCUT2D eigenvalue weighted by Crippen LogP contribution is 2.22. The number of anilines is 2. The Balaban J connectivity index is 1.32. The number of rotatable bonds is 5. The topological polar surface area (TPSA) is 70.6 Å². The van der Waals surface area contributed by atoms with E-state index < -0.39 is 0 Å². The molecule has 7 nitrogen and oxygen atoms in total. The molecule has 166 valence electrons. The van der Waals surface area contributed by atoms with Crippen molar-refractivity contribution in [1.29, 1.82) is 0 Å². The van der Waals surface area contributed by atoms with Crippen LogP contribution >= 0.6 is 0 Å². The van der Waals surface area contributed by atoms with Gasteiger partial charge in [0.25, 0.3) is 0 Å². The summed E-state index contributed by atoms with van der Waals surface area (Å²) in [6.45, 7) is 9.46. The molecule has 4 rings (SSSR count). The van der Waals surface area contributed by atoms with Crippen molar-refractivity contribution < 1.29 is 9.53 Å². The average Bonchev–Trinajstić information content (AvgIpc) is 2.82. The maximum Gasteiger partial charge on any atom is 0.321 e. The molecular weight excluding hydrogens is 402 g/mol. The zero-order chi connectivity index (χ0) is 22.5. The number of aryl methyl sites for hydroxylation is 2. The summed E-state index contributed by atoms with van der Waals surface area (Å²) in [6.07, 6.45) is 0. The third-order valence-electron chi connectivity index (χ3n) is 5.76. The van der Waals surface area contributed by atoms with E-state index in [1.165, 1.54) is 11.1 Å². The van der Waals surface area contributed by atoms with Crippen LogP contribution in [-0.2, 0) is 0 Å². The zero-order valence-corrected chi connectivity index (χ0v) is 18.8. The number of piperazine rings is 1. The van der Waals surface area contributed by atoms with E-state index in [2.05, 4.69) is 52.5 Å². The van der Waals surface area contributed by atoms with Crippen molar-refractivity contribution in [2.75, 3.05) is 43.0 Å². The van der Waals surface area contributed by atoms with Crippen LogP contribution < -0.4 is 15.0 Å². The molecular formula is C25H29N5O2. The summed E-state index contributed by atoms with van der Waals surface area (Å²) in [7, 11) is 0. The Morgan fingerprint density at radius 1 is 0.938 bits per heavy atom. The molecule has 0 aliphatic carbocycles. The largest absolute Gasteiger partial charge is 0.494 e. The van der Waals surface area contributed by atoms with Gasteiger partial charge in [-0.15, -0.1) is 10.2 Å². The second-order valence-electron chi connectivity index (χ2n) is 7.94. The molecule has 1 N–H and O–H groups in total. The lowest BCUT2D eigenvalue weighted by Crippen LogP contribution is -2.50. The fraction of sp³-hybridized carbons (Fsp3) is 0.320. The van der Waals surface area contributed by atoms with E-state index in [1.54, 1.807) is 0 Å². The third kappa shape index (κ3) is 4.99. The lowest BCUT2D eigenvalue weighted by atomic mass is 10.0. The van der Waals surface area contributed by atoms with Crippen molar-refractivity contribution in [3.8, 4) is 17.0 Å². The first kappa shape index (κ1) is 21.6. The highest BCUT2D eigenvalue weighted by Gasteiger charge is 2.22. The molecule has 0 atom stereocenters. The number of hydrogen-bond donors (Lipinski definition) is 1. The van der Waals surface area contributed by atoms with E-state index in [9.17, 15) is 4.79 Å². The Hall–Kier alpha value is -3.61. The first-order chi connectivity index (χ1) is 15.5. The molecule has 2 aromatic carbocycles. The lowest BCUT2D eigenvalue weighted by molar-refractivity contribution is 0.208. The molecule has 32 heavy (non-hydrogen) atoms. The molecule has 1 aromatic heterocycles. The summed E-state index contributed by atoms with van der Waals surface area (Å²) >= 11 is 0. The highest BCUT2D eigenvalue weighted by molar-refractivity contribution is 5.89. The first-order valence-corrected chi connectivity index (χ1v) is 11.0. The van der Waals surface area contributed by atoms with Gasteiger partial charge in [0.2, 0.25) is 0 Å². The van der Waals surface area contributed by atoms with Crippen molar-refractivity contribution in [2.24, 2.45) is 0 Å². The van der Waals surface area contributed by atoms with Gasteiger partial charge >= 0.3 is 6.03 Å². The molecule has 0 bridgehead atoms. The summed E-state index contributed by atoms with van der Waals surface area (Å²) in [5.74, 6) is 1.63. The van der Waals surface area contributed by atoms with E-state index in [-0.39, 0.29) is 6.03 Å². The van der Waals surface area contributed by atoms with E-state index in [0.29, 0.717) is 32.8 Å². The maximum atomic E-state index is 12.6. The molecule has 2 heterocycles. The molecule has 7 heteroatoms. The molecule has 0 radical (unpaired) electrons. The highest BCUT2D eigenvalue weighted by atomic mass is 16.5. The Labute approximate surface area is 189 Å². The first-order valence-electron chi connectivity index (χ1n) is 11.0. The summed E-state index contributed by atoms with van der Waals surface area (Å²) in [6, 6.07) is 17.7. The molecule has 1 aliphatic heterocycles. The van der Waals surface area contributed by atoms with Crippen molar-refractivity contribution in [3.05, 3.63) is 65.7 Å². The number of hydrogen-bond acceptors (Lipinski definition) is 5. The summed E-state index contributed by atoms with van der Waals surface area (Å²) in [4.78, 5) is 16.6. The fourth-order valence-corrected chi connectivity index (χ4v) is 3.69. The van der Waals surface area contributed by atoms with Gasteiger partial charge in [-0.05, 0) is 74.4 Å². The maximum absolute atomic E-state index is 12.6. The van der Waals surface area contributed by atoms with E-state index in [0.717, 1.165) is 28.5 Å².